The largest absolute Gasteiger partial charge is 0.488 e. The Labute approximate surface area is 72.8 Å². The second-order valence-corrected chi connectivity index (χ2v) is 2.46. The van der Waals surface area contributed by atoms with Gasteiger partial charge in [-0.2, -0.15) is 0 Å². The molecule has 2 N–H and O–H groups in total. The third kappa shape index (κ3) is 2.23. The fourth-order valence-corrected chi connectivity index (χ4v) is 0.890. The van der Waals surface area contributed by atoms with Crippen LogP contribution in [0.5, 0.6) is 0 Å². The highest BCUT2D eigenvalue weighted by molar-refractivity contribution is 6.58. The van der Waals surface area contributed by atoms with Gasteiger partial charge in [0.15, 0.2) is 0 Å². The molecule has 0 atom stereocenters. The van der Waals surface area contributed by atoms with Crippen LogP contribution in [0.2, 0.25) is 0 Å². The molecule has 1 rings (SSSR count). The molecule has 0 aliphatic carbocycles. The standard InChI is InChI=1S/C7H6BF3O2/c9-6-2-1-4(8(12)13)3-5(6)7(10)11/h1-3,7,12-13H. The van der Waals surface area contributed by atoms with Crippen LogP contribution in [0.25, 0.3) is 0 Å². The van der Waals surface area contributed by atoms with E-state index in [9.17, 15) is 13.2 Å². The highest BCUT2D eigenvalue weighted by Crippen LogP contribution is 2.20. The van der Waals surface area contributed by atoms with E-state index in [4.69, 9.17) is 10.0 Å². The molecule has 0 saturated carbocycles. The van der Waals surface area contributed by atoms with Crippen LogP contribution >= 0.6 is 0 Å². The van der Waals surface area contributed by atoms with E-state index < -0.39 is 24.9 Å². The zero-order chi connectivity index (χ0) is 10.0. The molecule has 0 spiro atoms. The normalized spacial score (nSPS) is 10.6. The third-order valence-electron chi connectivity index (χ3n) is 1.55. The number of hydrogen-bond acceptors (Lipinski definition) is 2. The van der Waals surface area contributed by atoms with E-state index in [1.54, 1.807) is 0 Å². The number of alkyl halides is 2. The summed E-state index contributed by atoms with van der Waals surface area (Å²) in [5, 5.41) is 17.2. The third-order valence-corrected chi connectivity index (χ3v) is 1.55. The SMILES string of the molecule is OB(O)c1ccc(F)c(C(F)F)c1. The first-order valence-electron chi connectivity index (χ1n) is 3.46. The smallest absolute Gasteiger partial charge is 0.423 e. The number of hydrogen-bond donors (Lipinski definition) is 2. The Morgan fingerprint density at radius 1 is 1.23 bits per heavy atom. The molecule has 0 aliphatic heterocycles. The van der Waals surface area contributed by atoms with Crippen LogP contribution < -0.4 is 5.46 Å². The lowest BCUT2D eigenvalue weighted by Crippen LogP contribution is -2.30. The van der Waals surface area contributed by atoms with Crippen molar-refractivity contribution in [3.63, 3.8) is 0 Å². The fourth-order valence-electron chi connectivity index (χ4n) is 0.890. The monoisotopic (exact) mass is 190 g/mol. The van der Waals surface area contributed by atoms with Crippen molar-refractivity contribution in [3.05, 3.63) is 29.6 Å². The van der Waals surface area contributed by atoms with Crippen LogP contribution in [0, 0.1) is 5.82 Å². The van der Waals surface area contributed by atoms with E-state index in [1.165, 1.54) is 0 Å². The van der Waals surface area contributed by atoms with Crippen molar-refractivity contribution in [1.82, 2.24) is 0 Å². The van der Waals surface area contributed by atoms with Crippen molar-refractivity contribution >= 4 is 12.6 Å². The van der Waals surface area contributed by atoms with Gasteiger partial charge in [0.2, 0.25) is 0 Å². The van der Waals surface area contributed by atoms with Crippen LogP contribution in [0.1, 0.15) is 12.0 Å². The molecule has 0 aliphatic rings. The van der Waals surface area contributed by atoms with Crippen molar-refractivity contribution in [2.24, 2.45) is 0 Å². The number of halogens is 3. The first-order valence-corrected chi connectivity index (χ1v) is 3.46. The van der Waals surface area contributed by atoms with Crippen molar-refractivity contribution in [2.75, 3.05) is 0 Å². The summed E-state index contributed by atoms with van der Waals surface area (Å²) in [7, 11) is -1.86. The maximum Gasteiger partial charge on any atom is 0.488 e. The molecule has 0 bridgehead atoms. The molecule has 2 nitrogen and oxygen atoms in total. The Bertz CT molecular complexity index is 304. The molecule has 0 saturated heterocycles. The Balaban J connectivity index is 3.11. The molecule has 0 unspecified atom stereocenters. The Kier molecular flexibility index (Phi) is 2.95. The Morgan fingerprint density at radius 3 is 2.31 bits per heavy atom. The van der Waals surface area contributed by atoms with E-state index in [2.05, 4.69) is 0 Å². The molecule has 70 valence electrons. The minimum atomic E-state index is -2.96. The fraction of sp³-hybridized carbons (Fsp3) is 0.143. The van der Waals surface area contributed by atoms with Gasteiger partial charge in [-0.05, 0) is 11.5 Å². The zero-order valence-corrected chi connectivity index (χ0v) is 6.42. The summed E-state index contributed by atoms with van der Waals surface area (Å²) >= 11 is 0. The molecular formula is C7H6BF3O2. The predicted octanol–water partition coefficient (Wildman–Crippen LogP) is 0.443. The molecule has 0 aromatic heterocycles. The molecule has 0 amide bonds. The van der Waals surface area contributed by atoms with Crippen molar-refractivity contribution in [1.29, 1.82) is 0 Å². The average molecular weight is 190 g/mol. The van der Waals surface area contributed by atoms with Crippen molar-refractivity contribution < 1.29 is 23.2 Å². The van der Waals surface area contributed by atoms with Gasteiger partial charge in [-0.15, -0.1) is 0 Å². The summed E-state index contributed by atoms with van der Waals surface area (Å²) in [6, 6.07) is 2.53. The van der Waals surface area contributed by atoms with Crippen LogP contribution in [0.4, 0.5) is 13.2 Å². The van der Waals surface area contributed by atoms with E-state index in [0.29, 0.717) is 0 Å². The maximum atomic E-state index is 12.6. The van der Waals surface area contributed by atoms with Gasteiger partial charge in [0.1, 0.15) is 5.82 Å². The van der Waals surface area contributed by atoms with Gasteiger partial charge in [-0.3, -0.25) is 0 Å². The summed E-state index contributed by atoms with van der Waals surface area (Å²) in [5.41, 5.74) is -0.984. The maximum absolute atomic E-state index is 12.6. The number of benzene rings is 1. The lowest BCUT2D eigenvalue weighted by Gasteiger charge is -2.04. The summed E-state index contributed by atoms with van der Waals surface area (Å²) in [5.74, 6) is -1.06. The van der Waals surface area contributed by atoms with E-state index in [1.807, 2.05) is 0 Å². The van der Waals surface area contributed by atoms with Gasteiger partial charge < -0.3 is 10.0 Å². The summed E-state index contributed by atoms with van der Waals surface area (Å²) in [4.78, 5) is 0. The predicted molar refractivity (Wildman–Crippen MR) is 41.2 cm³/mol. The quantitative estimate of drug-likeness (QED) is 0.664. The molecular weight excluding hydrogens is 184 g/mol. The highest BCUT2D eigenvalue weighted by Gasteiger charge is 2.18. The lowest BCUT2D eigenvalue weighted by molar-refractivity contribution is 0.146. The van der Waals surface area contributed by atoms with Crippen LogP contribution in [-0.2, 0) is 0 Å². The van der Waals surface area contributed by atoms with Crippen molar-refractivity contribution in [2.45, 2.75) is 6.43 Å². The molecule has 1 aromatic carbocycles. The number of rotatable bonds is 2. The summed E-state index contributed by atoms with van der Waals surface area (Å²) in [6.45, 7) is 0. The Hall–Kier alpha value is -1.01. The molecule has 0 radical (unpaired) electrons. The van der Waals surface area contributed by atoms with Gasteiger partial charge in [0.05, 0.1) is 5.56 Å². The second-order valence-electron chi connectivity index (χ2n) is 2.46. The van der Waals surface area contributed by atoms with Crippen LogP contribution in [-0.4, -0.2) is 17.2 Å². The minimum absolute atomic E-state index is 0.156. The van der Waals surface area contributed by atoms with Gasteiger partial charge >= 0.3 is 7.12 Å². The first kappa shape index (κ1) is 10.1. The van der Waals surface area contributed by atoms with Crippen LogP contribution in [0.3, 0.4) is 0 Å². The van der Waals surface area contributed by atoms with Gasteiger partial charge in [-0.1, -0.05) is 12.1 Å². The molecule has 1 aromatic rings. The second kappa shape index (κ2) is 3.80. The van der Waals surface area contributed by atoms with Gasteiger partial charge in [0, 0.05) is 0 Å². The molecule has 0 heterocycles. The molecule has 6 heteroatoms. The molecule has 0 fully saturated rings. The van der Waals surface area contributed by atoms with Gasteiger partial charge in [-0.25, -0.2) is 13.2 Å². The van der Waals surface area contributed by atoms with E-state index in [-0.39, 0.29) is 5.46 Å². The Morgan fingerprint density at radius 2 is 1.85 bits per heavy atom. The summed E-state index contributed by atoms with van der Waals surface area (Å²) < 4.78 is 36.8. The zero-order valence-electron chi connectivity index (χ0n) is 6.42. The average Bonchev–Trinajstić information content (AvgIpc) is 2.04. The van der Waals surface area contributed by atoms with E-state index in [0.717, 1.165) is 18.2 Å². The van der Waals surface area contributed by atoms with E-state index >= 15 is 0 Å². The van der Waals surface area contributed by atoms with Crippen molar-refractivity contribution in [3.8, 4) is 0 Å². The topological polar surface area (TPSA) is 40.5 Å². The summed E-state index contributed by atoms with van der Waals surface area (Å²) in [6.07, 6.45) is -2.96. The first-order chi connectivity index (χ1) is 6.02. The van der Waals surface area contributed by atoms with Crippen LogP contribution in [0.15, 0.2) is 18.2 Å². The minimum Gasteiger partial charge on any atom is -0.423 e. The van der Waals surface area contributed by atoms with Gasteiger partial charge in [0.25, 0.3) is 6.43 Å². The molecule has 13 heavy (non-hydrogen) atoms. The highest BCUT2D eigenvalue weighted by atomic mass is 19.3. The lowest BCUT2D eigenvalue weighted by atomic mass is 9.79.